The number of carbonyl (C=O) groups excluding carboxylic acids is 3. The van der Waals surface area contributed by atoms with Crippen LogP contribution in [0.25, 0.3) is 0 Å². The highest BCUT2D eigenvalue weighted by molar-refractivity contribution is 7.14. The van der Waals surface area contributed by atoms with E-state index in [4.69, 9.17) is 4.74 Å². The lowest BCUT2D eigenvalue weighted by atomic mass is 9.98. The molecule has 0 aliphatic heterocycles. The van der Waals surface area contributed by atoms with Gasteiger partial charge in [-0.3, -0.25) is 14.4 Å². The molecule has 0 atom stereocenters. The van der Waals surface area contributed by atoms with E-state index in [0.29, 0.717) is 10.4 Å². The molecule has 132 valence electrons. The third-order valence-corrected chi connectivity index (χ3v) is 5.12. The smallest absolute Gasteiger partial charge is 0.306 e. The number of benzene rings is 1. The molecule has 0 saturated heterocycles. The highest BCUT2D eigenvalue weighted by Gasteiger charge is 2.15. The Bertz CT molecular complexity index is 817. The monoisotopic (exact) mass is 358 g/mol. The van der Waals surface area contributed by atoms with Gasteiger partial charge in [0.15, 0.2) is 12.4 Å². The van der Waals surface area contributed by atoms with Gasteiger partial charge in [-0.2, -0.15) is 0 Å². The van der Waals surface area contributed by atoms with Crippen LogP contribution in [0.1, 0.15) is 54.4 Å². The van der Waals surface area contributed by atoms with Crippen LogP contribution in [0.4, 0.5) is 0 Å². The molecule has 0 aliphatic carbocycles. The molecule has 1 aromatic heterocycles. The Morgan fingerprint density at radius 1 is 0.880 bits per heavy atom. The van der Waals surface area contributed by atoms with Crippen LogP contribution in [0.15, 0.2) is 24.3 Å². The number of thiophene rings is 1. The van der Waals surface area contributed by atoms with Crippen molar-refractivity contribution in [1.82, 2.24) is 0 Å². The van der Waals surface area contributed by atoms with Crippen LogP contribution in [0.5, 0.6) is 0 Å². The summed E-state index contributed by atoms with van der Waals surface area (Å²) in [5.74, 6) is -0.836. The molecule has 5 heteroatoms. The predicted molar refractivity (Wildman–Crippen MR) is 98.6 cm³/mol. The van der Waals surface area contributed by atoms with Crippen molar-refractivity contribution in [3.63, 3.8) is 0 Å². The molecule has 1 aromatic carbocycles. The Balaban J connectivity index is 1.84. The summed E-state index contributed by atoms with van der Waals surface area (Å²) in [6, 6.07) is 7.41. The molecule has 0 bridgehead atoms. The highest BCUT2D eigenvalue weighted by atomic mass is 32.1. The fourth-order valence-corrected chi connectivity index (χ4v) is 3.32. The number of aryl methyl sites for hydroxylation is 4. The summed E-state index contributed by atoms with van der Waals surface area (Å²) in [5, 5.41) is 0. The lowest BCUT2D eigenvalue weighted by Crippen LogP contribution is -2.16. The van der Waals surface area contributed by atoms with E-state index in [0.717, 1.165) is 21.6 Å². The molecule has 2 aromatic rings. The van der Waals surface area contributed by atoms with Crippen molar-refractivity contribution in [2.24, 2.45) is 0 Å². The number of rotatable bonds is 7. The molecule has 0 unspecified atom stereocenters. The number of hydrogen-bond acceptors (Lipinski definition) is 5. The van der Waals surface area contributed by atoms with Crippen LogP contribution in [0.2, 0.25) is 0 Å². The van der Waals surface area contributed by atoms with Gasteiger partial charge in [-0.25, -0.2) is 0 Å². The van der Waals surface area contributed by atoms with Gasteiger partial charge in [0, 0.05) is 16.9 Å². The van der Waals surface area contributed by atoms with Crippen molar-refractivity contribution in [3.05, 3.63) is 56.3 Å². The molecule has 0 radical (unpaired) electrons. The SMILES string of the molecule is Cc1ccc(C(=O)CCC(=O)OCC(=O)c2cc(C)c(C)cc2C)s1. The lowest BCUT2D eigenvalue weighted by Gasteiger charge is -2.09. The maximum atomic E-state index is 12.3. The average Bonchev–Trinajstić information content (AvgIpc) is 3.00. The second-order valence-corrected chi connectivity index (χ2v) is 7.46. The number of carbonyl (C=O) groups is 3. The van der Waals surface area contributed by atoms with Gasteiger partial charge < -0.3 is 4.74 Å². The van der Waals surface area contributed by atoms with Crippen molar-refractivity contribution in [2.75, 3.05) is 6.61 Å². The number of ketones is 2. The molecule has 0 N–H and O–H groups in total. The first-order valence-electron chi connectivity index (χ1n) is 8.14. The van der Waals surface area contributed by atoms with Crippen molar-refractivity contribution >= 4 is 28.9 Å². The third kappa shape index (κ3) is 5.10. The summed E-state index contributed by atoms with van der Waals surface area (Å²) in [5.41, 5.74) is 3.58. The van der Waals surface area contributed by atoms with E-state index in [1.807, 2.05) is 45.9 Å². The summed E-state index contributed by atoms with van der Waals surface area (Å²) in [6.07, 6.45) is 0.0740. The summed E-state index contributed by atoms with van der Waals surface area (Å²) in [4.78, 5) is 37.7. The zero-order valence-electron chi connectivity index (χ0n) is 15.0. The van der Waals surface area contributed by atoms with Crippen LogP contribution in [0.3, 0.4) is 0 Å². The fraction of sp³-hybridized carbons (Fsp3) is 0.350. The molecule has 0 amide bonds. The molecule has 0 aliphatic rings. The van der Waals surface area contributed by atoms with E-state index < -0.39 is 5.97 Å². The first kappa shape index (κ1) is 19.1. The molecule has 25 heavy (non-hydrogen) atoms. The normalized spacial score (nSPS) is 10.6. The van der Waals surface area contributed by atoms with Gasteiger partial charge >= 0.3 is 5.97 Å². The molecule has 0 spiro atoms. The van der Waals surface area contributed by atoms with E-state index in [1.165, 1.54) is 11.3 Å². The number of hydrogen-bond donors (Lipinski definition) is 0. The van der Waals surface area contributed by atoms with E-state index in [2.05, 4.69) is 0 Å². The zero-order valence-corrected chi connectivity index (χ0v) is 15.8. The number of esters is 1. The maximum absolute atomic E-state index is 12.3. The summed E-state index contributed by atoms with van der Waals surface area (Å²) >= 11 is 1.41. The van der Waals surface area contributed by atoms with E-state index in [1.54, 1.807) is 6.07 Å². The third-order valence-electron chi connectivity index (χ3n) is 4.08. The number of ether oxygens (including phenoxy) is 1. The Morgan fingerprint density at radius 3 is 2.20 bits per heavy atom. The van der Waals surface area contributed by atoms with Gasteiger partial charge in [0.1, 0.15) is 0 Å². The second-order valence-electron chi connectivity index (χ2n) is 6.17. The molecule has 0 fully saturated rings. The van der Waals surface area contributed by atoms with Crippen molar-refractivity contribution in [2.45, 2.75) is 40.5 Å². The van der Waals surface area contributed by atoms with Gasteiger partial charge in [-0.15, -0.1) is 11.3 Å². The predicted octanol–water partition coefficient (Wildman–Crippen LogP) is 4.37. The lowest BCUT2D eigenvalue weighted by molar-refractivity contribution is -0.142. The van der Waals surface area contributed by atoms with Crippen LogP contribution in [-0.4, -0.2) is 24.1 Å². The Morgan fingerprint density at radius 2 is 1.56 bits per heavy atom. The van der Waals surface area contributed by atoms with Crippen LogP contribution < -0.4 is 0 Å². The Labute approximate surface area is 151 Å². The molecule has 1 heterocycles. The number of Topliss-reactive ketones (excluding diaryl/α,β-unsaturated/α-hetero) is 2. The summed E-state index contributed by atoms with van der Waals surface area (Å²) in [7, 11) is 0. The fourth-order valence-electron chi connectivity index (χ4n) is 2.48. The van der Waals surface area contributed by atoms with Gasteiger partial charge in [-0.05, 0) is 62.6 Å². The minimum absolute atomic E-state index is 0.0189. The zero-order chi connectivity index (χ0) is 18.6. The van der Waals surface area contributed by atoms with Gasteiger partial charge in [0.25, 0.3) is 0 Å². The van der Waals surface area contributed by atoms with Crippen molar-refractivity contribution in [3.8, 4) is 0 Å². The minimum atomic E-state index is -0.531. The quantitative estimate of drug-likeness (QED) is 0.545. The summed E-state index contributed by atoms with van der Waals surface area (Å²) < 4.78 is 5.04. The first-order valence-corrected chi connectivity index (χ1v) is 8.96. The van der Waals surface area contributed by atoms with Gasteiger partial charge in [0.2, 0.25) is 5.78 Å². The molecular formula is C20H22O4S. The average molecular weight is 358 g/mol. The maximum Gasteiger partial charge on any atom is 0.306 e. The Kier molecular flexibility index (Phi) is 6.26. The van der Waals surface area contributed by atoms with E-state index in [-0.39, 0.29) is 31.0 Å². The molecule has 4 nitrogen and oxygen atoms in total. The summed E-state index contributed by atoms with van der Waals surface area (Å²) in [6.45, 7) is 7.42. The first-order chi connectivity index (χ1) is 11.8. The second kappa shape index (κ2) is 8.21. The molecule has 2 rings (SSSR count). The van der Waals surface area contributed by atoms with Crippen LogP contribution in [0, 0.1) is 27.7 Å². The highest BCUT2D eigenvalue weighted by Crippen LogP contribution is 2.18. The molecule has 0 saturated carbocycles. The van der Waals surface area contributed by atoms with Crippen molar-refractivity contribution < 1.29 is 19.1 Å². The van der Waals surface area contributed by atoms with Gasteiger partial charge in [0.05, 0.1) is 11.3 Å². The van der Waals surface area contributed by atoms with Crippen LogP contribution >= 0.6 is 11.3 Å². The standard InChI is InChI=1S/C20H22O4S/c1-12-9-14(3)16(10-13(12)2)18(22)11-24-20(23)8-6-17(21)19-7-5-15(4)25-19/h5,7,9-10H,6,8,11H2,1-4H3. The van der Waals surface area contributed by atoms with E-state index in [9.17, 15) is 14.4 Å². The van der Waals surface area contributed by atoms with Crippen molar-refractivity contribution in [1.29, 1.82) is 0 Å². The minimum Gasteiger partial charge on any atom is -0.457 e. The van der Waals surface area contributed by atoms with Crippen LogP contribution in [-0.2, 0) is 9.53 Å². The topological polar surface area (TPSA) is 60.4 Å². The molecular weight excluding hydrogens is 336 g/mol. The Hall–Kier alpha value is -2.27. The largest absolute Gasteiger partial charge is 0.457 e. The van der Waals surface area contributed by atoms with E-state index >= 15 is 0 Å². The van der Waals surface area contributed by atoms with Gasteiger partial charge in [-0.1, -0.05) is 6.07 Å².